The lowest BCUT2D eigenvalue weighted by molar-refractivity contribution is 0.327. The van der Waals surface area contributed by atoms with Crippen molar-refractivity contribution in [3.63, 3.8) is 0 Å². The SMILES string of the molecule is CC(C)=CCOc1c(O)c2ccc(O)cc2n(C(C)C)c1=O. The van der Waals surface area contributed by atoms with Crippen LogP contribution in [0.5, 0.6) is 17.2 Å². The van der Waals surface area contributed by atoms with E-state index in [1.807, 2.05) is 33.8 Å². The summed E-state index contributed by atoms with van der Waals surface area (Å²) in [7, 11) is 0. The Balaban J connectivity index is 2.70. The quantitative estimate of drug-likeness (QED) is 0.850. The van der Waals surface area contributed by atoms with Crippen molar-refractivity contribution in [3.8, 4) is 17.2 Å². The molecule has 5 heteroatoms. The third-order valence-electron chi connectivity index (χ3n) is 3.36. The molecule has 0 fully saturated rings. The molecule has 5 nitrogen and oxygen atoms in total. The Kier molecular flexibility index (Phi) is 4.45. The number of allylic oxidation sites excluding steroid dienone is 1. The van der Waals surface area contributed by atoms with Crippen molar-refractivity contribution in [2.75, 3.05) is 6.61 Å². The van der Waals surface area contributed by atoms with Gasteiger partial charge in [-0.1, -0.05) is 5.57 Å². The summed E-state index contributed by atoms with van der Waals surface area (Å²) in [5.74, 6) is -0.220. The van der Waals surface area contributed by atoms with Gasteiger partial charge in [0.1, 0.15) is 12.4 Å². The lowest BCUT2D eigenvalue weighted by Gasteiger charge is -2.17. The van der Waals surface area contributed by atoms with Crippen LogP contribution in [-0.2, 0) is 0 Å². The molecule has 0 spiro atoms. The number of hydrogen-bond donors (Lipinski definition) is 2. The van der Waals surface area contributed by atoms with Crippen LogP contribution in [0.1, 0.15) is 33.7 Å². The molecular formula is C17H21NO4. The maximum Gasteiger partial charge on any atom is 0.297 e. The Morgan fingerprint density at radius 3 is 2.59 bits per heavy atom. The van der Waals surface area contributed by atoms with Crippen LogP contribution in [0.25, 0.3) is 10.9 Å². The molecule has 2 aromatic rings. The molecule has 0 bridgehead atoms. The smallest absolute Gasteiger partial charge is 0.297 e. The maximum absolute atomic E-state index is 12.6. The number of hydrogen-bond acceptors (Lipinski definition) is 4. The molecule has 0 aliphatic carbocycles. The predicted octanol–water partition coefficient (Wildman–Crippen LogP) is 3.34. The van der Waals surface area contributed by atoms with Gasteiger partial charge in [0.15, 0.2) is 5.75 Å². The minimum absolute atomic E-state index is 0.0407. The molecule has 1 heterocycles. The highest BCUT2D eigenvalue weighted by Crippen LogP contribution is 2.34. The van der Waals surface area contributed by atoms with Crippen LogP contribution in [-0.4, -0.2) is 21.4 Å². The molecule has 0 atom stereocenters. The second-order valence-electron chi connectivity index (χ2n) is 5.74. The number of nitrogens with zero attached hydrogens (tertiary/aromatic N) is 1. The van der Waals surface area contributed by atoms with E-state index in [2.05, 4.69) is 0 Å². The third kappa shape index (κ3) is 2.93. The van der Waals surface area contributed by atoms with E-state index in [4.69, 9.17) is 4.74 Å². The number of phenolic OH excluding ortho intramolecular Hbond substituents is 1. The normalized spacial score (nSPS) is 11.0. The molecule has 0 saturated carbocycles. The molecule has 0 unspecified atom stereocenters. The van der Waals surface area contributed by atoms with Crippen LogP contribution < -0.4 is 10.3 Å². The second kappa shape index (κ2) is 6.13. The highest BCUT2D eigenvalue weighted by atomic mass is 16.5. The van der Waals surface area contributed by atoms with Gasteiger partial charge in [-0.05, 0) is 45.9 Å². The van der Waals surface area contributed by atoms with Gasteiger partial charge in [0.25, 0.3) is 5.56 Å². The molecule has 2 rings (SSSR count). The van der Waals surface area contributed by atoms with Crippen LogP contribution in [0.4, 0.5) is 0 Å². The molecule has 1 aromatic heterocycles. The van der Waals surface area contributed by atoms with Gasteiger partial charge < -0.3 is 19.5 Å². The van der Waals surface area contributed by atoms with E-state index in [9.17, 15) is 15.0 Å². The molecule has 2 N–H and O–H groups in total. The van der Waals surface area contributed by atoms with Crippen molar-refractivity contribution in [1.29, 1.82) is 0 Å². The second-order valence-corrected chi connectivity index (χ2v) is 5.74. The summed E-state index contributed by atoms with van der Waals surface area (Å²) in [4.78, 5) is 12.6. The van der Waals surface area contributed by atoms with E-state index in [1.54, 1.807) is 6.07 Å². The Morgan fingerprint density at radius 2 is 2.00 bits per heavy atom. The Morgan fingerprint density at radius 1 is 1.32 bits per heavy atom. The number of pyridine rings is 1. The van der Waals surface area contributed by atoms with Gasteiger partial charge in [0.2, 0.25) is 5.75 Å². The average Bonchev–Trinajstić information content (AvgIpc) is 2.41. The summed E-state index contributed by atoms with van der Waals surface area (Å²) in [6, 6.07) is 4.38. The molecule has 22 heavy (non-hydrogen) atoms. The number of aromatic nitrogens is 1. The van der Waals surface area contributed by atoms with Crippen molar-refractivity contribution in [3.05, 3.63) is 40.2 Å². The van der Waals surface area contributed by atoms with Gasteiger partial charge in [-0.2, -0.15) is 0 Å². The predicted molar refractivity (Wildman–Crippen MR) is 86.8 cm³/mol. The third-order valence-corrected chi connectivity index (χ3v) is 3.36. The zero-order valence-corrected chi connectivity index (χ0v) is 13.3. The molecule has 0 radical (unpaired) electrons. The number of fused-ring (bicyclic) bond motifs is 1. The number of phenols is 1. The van der Waals surface area contributed by atoms with E-state index < -0.39 is 5.56 Å². The van der Waals surface area contributed by atoms with Crippen LogP contribution in [0.3, 0.4) is 0 Å². The fourth-order valence-corrected chi connectivity index (χ4v) is 2.30. The number of rotatable bonds is 4. The number of ether oxygens (including phenoxy) is 1. The van der Waals surface area contributed by atoms with E-state index in [0.29, 0.717) is 10.9 Å². The first-order chi connectivity index (χ1) is 10.3. The number of benzene rings is 1. The molecule has 0 saturated heterocycles. The van der Waals surface area contributed by atoms with Crippen LogP contribution in [0, 0.1) is 0 Å². The summed E-state index contributed by atoms with van der Waals surface area (Å²) in [5.41, 5.74) is 1.13. The van der Waals surface area contributed by atoms with Gasteiger partial charge in [-0.3, -0.25) is 4.79 Å². The maximum atomic E-state index is 12.6. The van der Waals surface area contributed by atoms with Crippen LogP contribution in [0.2, 0.25) is 0 Å². The van der Waals surface area contributed by atoms with Gasteiger partial charge in [0, 0.05) is 17.5 Å². The minimum atomic E-state index is -0.409. The average molecular weight is 303 g/mol. The van der Waals surface area contributed by atoms with Crippen LogP contribution >= 0.6 is 0 Å². The summed E-state index contributed by atoms with van der Waals surface area (Å²) in [6.07, 6.45) is 1.83. The summed E-state index contributed by atoms with van der Waals surface area (Å²) in [5, 5.41) is 20.5. The van der Waals surface area contributed by atoms with Crippen molar-refractivity contribution in [2.45, 2.75) is 33.7 Å². The zero-order valence-electron chi connectivity index (χ0n) is 13.3. The van der Waals surface area contributed by atoms with Crippen molar-refractivity contribution in [1.82, 2.24) is 4.57 Å². The van der Waals surface area contributed by atoms with Gasteiger partial charge in [-0.25, -0.2) is 0 Å². The van der Waals surface area contributed by atoms with Crippen molar-refractivity contribution in [2.24, 2.45) is 0 Å². The van der Waals surface area contributed by atoms with E-state index in [-0.39, 0.29) is 29.9 Å². The lowest BCUT2D eigenvalue weighted by Crippen LogP contribution is -2.24. The Labute approximate surface area is 129 Å². The number of aromatic hydroxyl groups is 2. The molecule has 0 aliphatic heterocycles. The summed E-state index contributed by atoms with van der Waals surface area (Å²) >= 11 is 0. The van der Waals surface area contributed by atoms with E-state index >= 15 is 0 Å². The largest absolute Gasteiger partial charge is 0.508 e. The topological polar surface area (TPSA) is 71.7 Å². The van der Waals surface area contributed by atoms with Gasteiger partial charge in [0.05, 0.1) is 5.52 Å². The highest BCUT2D eigenvalue weighted by Gasteiger charge is 2.19. The molecule has 1 aromatic carbocycles. The van der Waals surface area contributed by atoms with Gasteiger partial charge >= 0.3 is 0 Å². The zero-order chi connectivity index (χ0) is 16.4. The highest BCUT2D eigenvalue weighted by molar-refractivity contribution is 5.88. The van der Waals surface area contributed by atoms with E-state index in [0.717, 1.165) is 5.57 Å². The molecular weight excluding hydrogens is 282 g/mol. The Hall–Kier alpha value is -2.43. The first-order valence-electron chi connectivity index (χ1n) is 7.19. The standard InChI is InChI=1S/C17H21NO4/c1-10(2)7-8-22-16-15(20)13-6-5-12(19)9-14(13)18(11(3)4)17(16)21/h5-7,9,11,19-20H,8H2,1-4H3. The summed E-state index contributed by atoms with van der Waals surface area (Å²) < 4.78 is 6.99. The van der Waals surface area contributed by atoms with E-state index in [1.165, 1.54) is 16.7 Å². The molecule has 0 amide bonds. The molecule has 118 valence electrons. The first kappa shape index (κ1) is 15.9. The van der Waals surface area contributed by atoms with Crippen LogP contribution in [0.15, 0.2) is 34.6 Å². The fourth-order valence-electron chi connectivity index (χ4n) is 2.30. The lowest BCUT2D eigenvalue weighted by atomic mass is 10.1. The van der Waals surface area contributed by atoms with Gasteiger partial charge in [-0.15, -0.1) is 0 Å². The first-order valence-corrected chi connectivity index (χ1v) is 7.19. The fraction of sp³-hybridized carbons (Fsp3) is 0.353. The van der Waals surface area contributed by atoms with Crippen molar-refractivity contribution >= 4 is 10.9 Å². The Bertz CT molecular complexity index is 783. The summed E-state index contributed by atoms with van der Waals surface area (Å²) in [6.45, 7) is 7.80. The monoisotopic (exact) mass is 303 g/mol. The van der Waals surface area contributed by atoms with Crippen molar-refractivity contribution < 1.29 is 14.9 Å². The molecule has 0 aliphatic rings. The minimum Gasteiger partial charge on any atom is -0.508 e.